The summed E-state index contributed by atoms with van der Waals surface area (Å²) in [5, 5.41) is 33.3. The fraction of sp³-hybridized carbons (Fsp3) is 0.500. The number of rotatable bonds is 16. The molecule has 2 aromatic carbocycles. The molecule has 0 saturated carbocycles. The molecular formula is C24H33N5O4. The zero-order valence-corrected chi connectivity index (χ0v) is 19.2. The van der Waals surface area contributed by atoms with E-state index >= 15 is 0 Å². The molecule has 2 aromatic rings. The minimum atomic E-state index is -0.799. The monoisotopic (exact) mass is 455 g/mol. The van der Waals surface area contributed by atoms with Gasteiger partial charge in [-0.25, -0.2) is 0 Å². The molecule has 0 aliphatic rings. The van der Waals surface area contributed by atoms with Gasteiger partial charge in [0.1, 0.15) is 0 Å². The second-order valence-corrected chi connectivity index (χ2v) is 8.04. The summed E-state index contributed by atoms with van der Waals surface area (Å²) >= 11 is 0. The van der Waals surface area contributed by atoms with Crippen molar-refractivity contribution < 1.29 is 9.85 Å². The summed E-state index contributed by atoms with van der Waals surface area (Å²) in [5.74, 6) is 0. The molecule has 0 aliphatic carbocycles. The van der Waals surface area contributed by atoms with Crippen molar-refractivity contribution in [1.82, 2.24) is 0 Å². The number of unbranched alkanes of at least 4 members (excludes halogenated alkanes) is 9. The molecule has 33 heavy (non-hydrogen) atoms. The summed E-state index contributed by atoms with van der Waals surface area (Å²) in [7, 11) is 0. The van der Waals surface area contributed by atoms with E-state index in [0.29, 0.717) is 5.69 Å². The maximum Gasteiger partial charge on any atom is 0.348 e. The van der Waals surface area contributed by atoms with Crippen LogP contribution in [0.5, 0.6) is 0 Å². The first-order chi connectivity index (χ1) is 16.0. The molecule has 9 nitrogen and oxygen atoms in total. The lowest BCUT2D eigenvalue weighted by molar-refractivity contribution is -0.422. The van der Waals surface area contributed by atoms with Crippen LogP contribution in [0.15, 0.2) is 52.7 Å². The Morgan fingerprint density at radius 3 is 1.79 bits per heavy atom. The molecule has 9 heteroatoms. The van der Waals surface area contributed by atoms with E-state index in [1.165, 1.54) is 63.9 Å². The lowest BCUT2D eigenvalue weighted by Crippen LogP contribution is -2.00. The first-order valence-corrected chi connectivity index (χ1v) is 11.7. The average Bonchev–Trinajstić information content (AvgIpc) is 2.81. The molecule has 0 bridgehead atoms. The average molecular weight is 456 g/mol. The second-order valence-electron chi connectivity index (χ2n) is 8.04. The lowest BCUT2D eigenvalue weighted by Gasteiger charge is -2.06. The van der Waals surface area contributed by atoms with Crippen LogP contribution < -0.4 is 5.32 Å². The van der Waals surface area contributed by atoms with Gasteiger partial charge in [-0.05, 0) is 36.8 Å². The molecule has 0 aliphatic heterocycles. The molecule has 0 amide bonds. The maximum atomic E-state index is 11.0. The van der Waals surface area contributed by atoms with Crippen LogP contribution in [0.2, 0.25) is 0 Å². The van der Waals surface area contributed by atoms with Gasteiger partial charge in [-0.3, -0.25) is 20.2 Å². The maximum absolute atomic E-state index is 11.0. The van der Waals surface area contributed by atoms with Crippen molar-refractivity contribution >= 4 is 28.4 Å². The zero-order chi connectivity index (χ0) is 23.9. The van der Waals surface area contributed by atoms with Gasteiger partial charge >= 0.3 is 11.4 Å². The van der Waals surface area contributed by atoms with E-state index < -0.39 is 21.2 Å². The number of nitrogens with one attached hydrogen (secondary N) is 1. The van der Waals surface area contributed by atoms with Crippen LogP contribution in [0, 0.1) is 20.2 Å². The molecule has 0 saturated heterocycles. The topological polar surface area (TPSA) is 123 Å². The summed E-state index contributed by atoms with van der Waals surface area (Å²) in [6.45, 7) is 3.17. The van der Waals surface area contributed by atoms with Gasteiger partial charge < -0.3 is 5.32 Å². The molecular weight excluding hydrogens is 422 g/mol. The number of azo groups is 1. The van der Waals surface area contributed by atoms with Gasteiger partial charge in [-0.1, -0.05) is 64.7 Å². The van der Waals surface area contributed by atoms with Crippen molar-refractivity contribution in [3.8, 4) is 0 Å². The van der Waals surface area contributed by atoms with Gasteiger partial charge in [0.25, 0.3) is 0 Å². The molecule has 0 unspecified atom stereocenters. The molecule has 0 spiro atoms. The number of nitro groups is 2. The Morgan fingerprint density at radius 1 is 0.697 bits per heavy atom. The van der Waals surface area contributed by atoms with E-state index in [9.17, 15) is 20.2 Å². The lowest BCUT2D eigenvalue weighted by atomic mass is 10.1. The van der Waals surface area contributed by atoms with Crippen LogP contribution in [-0.2, 0) is 0 Å². The Kier molecular flexibility index (Phi) is 11.5. The summed E-state index contributed by atoms with van der Waals surface area (Å²) < 4.78 is 0. The van der Waals surface area contributed by atoms with Crippen molar-refractivity contribution in [1.29, 1.82) is 0 Å². The molecule has 0 heterocycles. The number of hydrogen-bond donors (Lipinski definition) is 1. The Morgan fingerprint density at radius 2 is 1.21 bits per heavy atom. The van der Waals surface area contributed by atoms with Crippen molar-refractivity contribution in [3.05, 3.63) is 62.7 Å². The normalized spacial score (nSPS) is 11.1. The van der Waals surface area contributed by atoms with Gasteiger partial charge in [0.05, 0.1) is 27.3 Å². The van der Waals surface area contributed by atoms with E-state index in [-0.39, 0.29) is 5.69 Å². The van der Waals surface area contributed by atoms with Gasteiger partial charge in [0, 0.05) is 18.3 Å². The minimum absolute atomic E-state index is 0.176. The van der Waals surface area contributed by atoms with Crippen LogP contribution in [0.1, 0.15) is 71.1 Å². The zero-order valence-electron chi connectivity index (χ0n) is 19.2. The number of anilines is 1. The fourth-order valence-electron chi connectivity index (χ4n) is 3.48. The van der Waals surface area contributed by atoms with Gasteiger partial charge in [0.2, 0.25) is 0 Å². The van der Waals surface area contributed by atoms with Gasteiger partial charge in [0.15, 0.2) is 0 Å². The van der Waals surface area contributed by atoms with Crippen molar-refractivity contribution in [3.63, 3.8) is 0 Å². The van der Waals surface area contributed by atoms with E-state index in [0.717, 1.165) is 30.8 Å². The van der Waals surface area contributed by atoms with Gasteiger partial charge in [-0.15, -0.1) is 0 Å². The van der Waals surface area contributed by atoms with Crippen LogP contribution >= 0.6 is 0 Å². The Bertz CT molecular complexity index is 916. The van der Waals surface area contributed by atoms with Crippen LogP contribution in [0.4, 0.5) is 28.4 Å². The van der Waals surface area contributed by atoms with Crippen molar-refractivity contribution in [2.75, 3.05) is 11.9 Å². The third-order valence-corrected chi connectivity index (χ3v) is 5.36. The molecule has 0 aromatic heterocycles. The van der Waals surface area contributed by atoms with E-state index in [1.54, 1.807) is 12.1 Å². The fourth-order valence-corrected chi connectivity index (χ4v) is 3.48. The standard InChI is InChI=1S/C24H33N5O4/c1-2-3-4-5-6-7-8-9-10-11-18-25-20-12-14-21(15-13-20)26-27-22-16-17-23(28(30)31)24(19-22)29(32)33/h12-17,19,25H,2-11,18H2,1H3/b27-26+. The van der Waals surface area contributed by atoms with Gasteiger partial charge in [-0.2, -0.15) is 10.2 Å². The molecule has 1 N–H and O–H groups in total. The quantitative estimate of drug-likeness (QED) is 0.118. The van der Waals surface area contributed by atoms with Crippen LogP contribution in [0.3, 0.4) is 0 Å². The predicted octanol–water partition coefficient (Wildman–Crippen LogP) is 8.25. The van der Waals surface area contributed by atoms with E-state index in [1.807, 2.05) is 12.1 Å². The highest BCUT2D eigenvalue weighted by molar-refractivity contribution is 5.60. The van der Waals surface area contributed by atoms with E-state index in [4.69, 9.17) is 0 Å². The first-order valence-electron chi connectivity index (χ1n) is 11.7. The minimum Gasteiger partial charge on any atom is -0.385 e. The largest absolute Gasteiger partial charge is 0.385 e. The Balaban J connectivity index is 1.71. The Hall–Kier alpha value is -3.36. The van der Waals surface area contributed by atoms with Crippen molar-refractivity contribution in [2.24, 2.45) is 10.2 Å². The molecule has 0 atom stereocenters. The summed E-state index contributed by atoms with van der Waals surface area (Å²) in [4.78, 5) is 20.3. The number of benzene rings is 2. The number of hydrogen-bond acceptors (Lipinski definition) is 7. The predicted molar refractivity (Wildman–Crippen MR) is 131 cm³/mol. The summed E-state index contributed by atoms with van der Waals surface area (Å²) in [5.41, 5.74) is 0.576. The molecule has 178 valence electrons. The second kappa shape index (κ2) is 14.7. The van der Waals surface area contributed by atoms with E-state index in [2.05, 4.69) is 22.5 Å². The molecule has 0 radical (unpaired) electrons. The number of nitro benzene ring substituents is 2. The van der Waals surface area contributed by atoms with Crippen LogP contribution in [-0.4, -0.2) is 16.4 Å². The molecule has 0 fully saturated rings. The first kappa shape index (κ1) is 25.9. The summed E-state index contributed by atoms with van der Waals surface area (Å²) in [6.07, 6.45) is 13.1. The van der Waals surface area contributed by atoms with Crippen molar-refractivity contribution in [2.45, 2.75) is 71.1 Å². The summed E-state index contributed by atoms with van der Waals surface area (Å²) in [6, 6.07) is 10.8. The Labute approximate surface area is 194 Å². The third-order valence-electron chi connectivity index (χ3n) is 5.36. The third kappa shape index (κ3) is 9.76. The SMILES string of the molecule is CCCCCCCCCCCCNc1ccc(/N=N/c2ccc([N+](=O)[O-])c([N+](=O)[O-])c2)cc1. The highest BCUT2D eigenvalue weighted by Gasteiger charge is 2.24. The van der Waals surface area contributed by atoms with Crippen LogP contribution in [0.25, 0.3) is 0 Å². The highest BCUT2D eigenvalue weighted by atomic mass is 16.6. The smallest absolute Gasteiger partial charge is 0.348 e. The molecule has 2 rings (SSSR count). The number of nitrogens with zero attached hydrogens (tertiary/aromatic N) is 4. The highest BCUT2D eigenvalue weighted by Crippen LogP contribution is 2.31.